The number of esters is 1. The molecule has 5 fully saturated rings. The van der Waals surface area contributed by atoms with E-state index in [1.165, 1.54) is 45.2 Å². The third kappa shape index (κ3) is 2.66. The van der Waals surface area contributed by atoms with E-state index in [0.717, 1.165) is 31.9 Å². The first-order chi connectivity index (χ1) is 12.0. The van der Waals surface area contributed by atoms with Crippen LogP contribution < -0.4 is 4.90 Å². The van der Waals surface area contributed by atoms with Gasteiger partial charge < -0.3 is 14.4 Å². The Balaban J connectivity index is 1.34. The van der Waals surface area contributed by atoms with E-state index in [9.17, 15) is 4.79 Å². The molecule has 5 rings (SSSR count). The first kappa shape index (κ1) is 16.6. The highest BCUT2D eigenvalue weighted by Crippen LogP contribution is 2.62. The smallest absolute Gasteiger partial charge is 0.315 e. The summed E-state index contributed by atoms with van der Waals surface area (Å²) < 4.78 is 12.0. The van der Waals surface area contributed by atoms with Crippen LogP contribution in [0.1, 0.15) is 58.8 Å². The van der Waals surface area contributed by atoms with Crippen molar-refractivity contribution in [3.8, 4) is 0 Å². The van der Waals surface area contributed by atoms with Crippen LogP contribution in [-0.2, 0) is 14.3 Å². The zero-order chi connectivity index (χ0) is 17.2. The minimum absolute atomic E-state index is 0.105. The quantitative estimate of drug-likeness (QED) is 0.612. The fourth-order valence-corrected chi connectivity index (χ4v) is 7.08. The van der Waals surface area contributed by atoms with Crippen molar-refractivity contribution in [3.05, 3.63) is 0 Å². The van der Waals surface area contributed by atoms with Gasteiger partial charge in [0.1, 0.15) is 12.0 Å². The second kappa shape index (κ2) is 5.69. The molecule has 1 spiro atoms. The van der Waals surface area contributed by atoms with E-state index in [1.807, 2.05) is 0 Å². The molecule has 140 valence electrons. The Labute approximate surface area is 151 Å². The van der Waals surface area contributed by atoms with E-state index in [-0.39, 0.29) is 23.6 Å². The first-order valence-corrected chi connectivity index (χ1v) is 10.7. The average molecular weight is 349 g/mol. The molecule has 0 radical (unpaired) electrons. The molecule has 2 aliphatic carbocycles. The molecule has 0 bridgehead atoms. The molecule has 0 aromatic carbocycles. The SMILES string of the molecule is C[C@H]1CCC[NH+](C[C@H]2C(=O)O[C@@H]3C[C@@]4(C)CCC[C@]5(CO5)[C@@H]4C[C@@H]32)C1. The lowest BCUT2D eigenvalue weighted by atomic mass is 9.53. The van der Waals surface area contributed by atoms with Gasteiger partial charge >= 0.3 is 5.97 Å². The Morgan fingerprint density at radius 1 is 1.28 bits per heavy atom. The maximum absolute atomic E-state index is 12.7. The lowest BCUT2D eigenvalue weighted by molar-refractivity contribution is -0.911. The fraction of sp³-hybridized carbons (Fsp3) is 0.952. The minimum Gasteiger partial charge on any atom is -0.462 e. The summed E-state index contributed by atoms with van der Waals surface area (Å²) >= 11 is 0. The molecule has 4 heteroatoms. The van der Waals surface area contributed by atoms with E-state index < -0.39 is 0 Å². The van der Waals surface area contributed by atoms with Gasteiger partial charge in [0.25, 0.3) is 0 Å². The summed E-state index contributed by atoms with van der Waals surface area (Å²) in [6, 6.07) is 0. The van der Waals surface area contributed by atoms with Gasteiger partial charge in [0.05, 0.1) is 31.8 Å². The third-order valence-corrected chi connectivity index (χ3v) is 8.45. The predicted octanol–water partition coefficient (Wildman–Crippen LogP) is 1.83. The van der Waals surface area contributed by atoms with Crippen LogP contribution in [-0.4, -0.2) is 43.9 Å². The summed E-state index contributed by atoms with van der Waals surface area (Å²) in [7, 11) is 0. The number of carbonyl (C=O) groups excluding carboxylic acids is 1. The normalized spacial score (nSPS) is 54.7. The van der Waals surface area contributed by atoms with Crippen LogP contribution in [0.2, 0.25) is 0 Å². The Hall–Kier alpha value is -0.610. The van der Waals surface area contributed by atoms with Gasteiger partial charge in [-0.3, -0.25) is 4.79 Å². The number of hydrogen-bond acceptors (Lipinski definition) is 3. The number of rotatable bonds is 2. The molecule has 3 saturated heterocycles. The van der Waals surface area contributed by atoms with Crippen LogP contribution >= 0.6 is 0 Å². The number of likely N-dealkylation sites (tertiary alicyclic amines) is 1. The van der Waals surface area contributed by atoms with Gasteiger partial charge in [-0.1, -0.05) is 13.8 Å². The number of piperidine rings is 1. The molecule has 0 aromatic heterocycles. The van der Waals surface area contributed by atoms with Crippen molar-refractivity contribution in [2.45, 2.75) is 70.5 Å². The summed E-state index contributed by atoms with van der Waals surface area (Å²) in [5.74, 6) is 2.12. The summed E-state index contributed by atoms with van der Waals surface area (Å²) in [6.07, 6.45) is 8.85. The monoisotopic (exact) mass is 348 g/mol. The Morgan fingerprint density at radius 3 is 2.88 bits per heavy atom. The molecule has 0 aromatic rings. The van der Waals surface area contributed by atoms with Crippen molar-refractivity contribution in [1.82, 2.24) is 0 Å². The minimum atomic E-state index is 0.105. The van der Waals surface area contributed by atoms with E-state index in [2.05, 4.69) is 13.8 Å². The number of fused-ring (bicyclic) bond motifs is 3. The van der Waals surface area contributed by atoms with E-state index in [4.69, 9.17) is 9.47 Å². The summed E-state index contributed by atoms with van der Waals surface area (Å²) in [5.41, 5.74) is 0.484. The maximum Gasteiger partial charge on any atom is 0.315 e. The molecule has 1 unspecified atom stereocenters. The van der Waals surface area contributed by atoms with Crippen LogP contribution in [0, 0.1) is 29.1 Å². The standard InChI is InChI=1S/C21H33NO3/c1-14-5-3-8-22(11-14)12-16-15-9-18-20(2,10-17(15)25-19(16)23)6-4-7-21(18)13-24-21/h14-18H,3-13H2,1-2H3/p+1/t14-,15+,16+,17+,18+,20+,21-/m0/s1. The van der Waals surface area contributed by atoms with E-state index >= 15 is 0 Å². The fourth-order valence-electron chi connectivity index (χ4n) is 7.08. The topological polar surface area (TPSA) is 43.3 Å². The predicted molar refractivity (Wildman–Crippen MR) is 94.2 cm³/mol. The molecule has 3 heterocycles. The molecule has 2 saturated carbocycles. The van der Waals surface area contributed by atoms with Gasteiger partial charge in [-0.05, 0) is 56.3 Å². The number of epoxide rings is 1. The van der Waals surface area contributed by atoms with Crippen LogP contribution in [0.25, 0.3) is 0 Å². The number of nitrogens with one attached hydrogen (secondary N) is 1. The number of hydrogen-bond donors (Lipinski definition) is 1. The first-order valence-electron chi connectivity index (χ1n) is 10.7. The summed E-state index contributed by atoms with van der Waals surface area (Å²) in [5, 5.41) is 0. The number of quaternary nitrogens is 1. The lowest BCUT2D eigenvalue weighted by Crippen LogP contribution is -3.14. The molecule has 25 heavy (non-hydrogen) atoms. The third-order valence-electron chi connectivity index (χ3n) is 8.45. The Kier molecular flexibility index (Phi) is 3.77. The zero-order valence-corrected chi connectivity index (χ0v) is 15.9. The van der Waals surface area contributed by atoms with Crippen molar-refractivity contribution < 1.29 is 19.2 Å². The molecule has 0 amide bonds. The van der Waals surface area contributed by atoms with Gasteiger partial charge in [0, 0.05) is 11.8 Å². The highest BCUT2D eigenvalue weighted by molar-refractivity contribution is 5.75. The second-order valence-electron chi connectivity index (χ2n) is 10.3. The maximum atomic E-state index is 12.7. The molecule has 5 aliphatic rings. The molecule has 3 aliphatic heterocycles. The van der Waals surface area contributed by atoms with Gasteiger partial charge in [-0.15, -0.1) is 0 Å². The van der Waals surface area contributed by atoms with Gasteiger partial charge in [-0.2, -0.15) is 0 Å². The second-order valence-corrected chi connectivity index (χ2v) is 10.3. The highest BCUT2D eigenvalue weighted by Gasteiger charge is 2.65. The van der Waals surface area contributed by atoms with Crippen molar-refractivity contribution >= 4 is 5.97 Å². The van der Waals surface area contributed by atoms with Gasteiger partial charge in [0.15, 0.2) is 0 Å². The summed E-state index contributed by atoms with van der Waals surface area (Å²) in [6.45, 7) is 9.22. The van der Waals surface area contributed by atoms with Crippen molar-refractivity contribution in [3.63, 3.8) is 0 Å². The van der Waals surface area contributed by atoms with Crippen molar-refractivity contribution in [2.75, 3.05) is 26.2 Å². The van der Waals surface area contributed by atoms with Crippen LogP contribution in [0.15, 0.2) is 0 Å². The largest absolute Gasteiger partial charge is 0.462 e. The lowest BCUT2D eigenvalue weighted by Gasteiger charge is -2.51. The van der Waals surface area contributed by atoms with Crippen LogP contribution in [0.4, 0.5) is 0 Å². The molecular weight excluding hydrogens is 314 g/mol. The molecular formula is C21H34NO3+. The number of ether oxygens (including phenoxy) is 2. The zero-order valence-electron chi connectivity index (χ0n) is 15.9. The van der Waals surface area contributed by atoms with Crippen LogP contribution in [0.5, 0.6) is 0 Å². The van der Waals surface area contributed by atoms with E-state index in [1.54, 1.807) is 4.90 Å². The molecule has 1 N–H and O–H groups in total. The summed E-state index contributed by atoms with van der Waals surface area (Å²) in [4.78, 5) is 14.4. The highest BCUT2D eigenvalue weighted by atomic mass is 16.6. The Bertz CT molecular complexity index is 559. The van der Waals surface area contributed by atoms with Crippen molar-refractivity contribution in [2.24, 2.45) is 29.1 Å². The van der Waals surface area contributed by atoms with E-state index in [0.29, 0.717) is 17.3 Å². The number of carbonyl (C=O) groups is 1. The molecule has 4 nitrogen and oxygen atoms in total. The van der Waals surface area contributed by atoms with Gasteiger partial charge in [-0.25, -0.2) is 0 Å². The molecule has 8 atom stereocenters. The van der Waals surface area contributed by atoms with Gasteiger partial charge in [0.2, 0.25) is 0 Å². The average Bonchev–Trinajstić information content (AvgIpc) is 3.26. The van der Waals surface area contributed by atoms with Crippen LogP contribution in [0.3, 0.4) is 0 Å². The Morgan fingerprint density at radius 2 is 2.12 bits per heavy atom. The van der Waals surface area contributed by atoms with Crippen molar-refractivity contribution in [1.29, 1.82) is 0 Å².